The summed E-state index contributed by atoms with van der Waals surface area (Å²) in [6.45, 7) is 10.4. The van der Waals surface area contributed by atoms with E-state index in [4.69, 9.17) is 14.5 Å². The summed E-state index contributed by atoms with van der Waals surface area (Å²) < 4.78 is 14.5. The highest BCUT2D eigenvalue weighted by molar-refractivity contribution is 5.75. The van der Waals surface area contributed by atoms with E-state index in [2.05, 4.69) is 86.9 Å². The lowest BCUT2D eigenvalue weighted by Crippen LogP contribution is -2.09. The van der Waals surface area contributed by atoms with Crippen LogP contribution in [0.4, 0.5) is 0 Å². The van der Waals surface area contributed by atoms with Crippen molar-refractivity contribution in [2.75, 3.05) is 6.61 Å². The third kappa shape index (κ3) is 5.13. The van der Waals surface area contributed by atoms with Crippen LogP contribution in [0, 0.1) is 27.7 Å². The van der Waals surface area contributed by atoms with Crippen molar-refractivity contribution in [3.05, 3.63) is 88.7 Å². The number of benzene rings is 3. The summed E-state index contributed by atoms with van der Waals surface area (Å²) >= 11 is 0. The molecule has 0 atom stereocenters. The van der Waals surface area contributed by atoms with Gasteiger partial charge in [0, 0.05) is 6.54 Å². The van der Waals surface area contributed by atoms with E-state index in [0.717, 1.165) is 53.3 Å². The Morgan fingerprint density at radius 1 is 0.750 bits per heavy atom. The van der Waals surface area contributed by atoms with E-state index in [9.17, 15) is 0 Å². The van der Waals surface area contributed by atoms with Crippen LogP contribution >= 0.6 is 0 Å². The van der Waals surface area contributed by atoms with Crippen LogP contribution in [-0.4, -0.2) is 16.2 Å². The number of aryl methyl sites for hydroxylation is 5. The van der Waals surface area contributed by atoms with Crippen molar-refractivity contribution in [2.24, 2.45) is 0 Å². The van der Waals surface area contributed by atoms with Crippen LogP contribution in [0.1, 0.15) is 40.9 Å². The van der Waals surface area contributed by atoms with Gasteiger partial charge in [-0.3, -0.25) is 0 Å². The van der Waals surface area contributed by atoms with Gasteiger partial charge in [0.15, 0.2) is 0 Å². The van der Waals surface area contributed by atoms with E-state index >= 15 is 0 Å². The first-order valence-corrected chi connectivity index (χ1v) is 11.4. The smallest absolute Gasteiger partial charge is 0.147 e. The van der Waals surface area contributed by atoms with E-state index in [1.54, 1.807) is 0 Å². The third-order valence-corrected chi connectivity index (χ3v) is 5.81. The van der Waals surface area contributed by atoms with E-state index in [-0.39, 0.29) is 0 Å². The summed E-state index contributed by atoms with van der Waals surface area (Å²) in [5, 5.41) is 0. The van der Waals surface area contributed by atoms with E-state index in [1.165, 1.54) is 16.7 Å². The van der Waals surface area contributed by atoms with Crippen LogP contribution in [0.3, 0.4) is 0 Å². The molecular weight excluding hydrogens is 396 g/mol. The molecule has 0 amide bonds. The van der Waals surface area contributed by atoms with Crippen molar-refractivity contribution in [2.45, 2.75) is 53.7 Å². The van der Waals surface area contributed by atoms with E-state index in [0.29, 0.717) is 13.2 Å². The Morgan fingerprint density at radius 2 is 1.41 bits per heavy atom. The van der Waals surface area contributed by atoms with Gasteiger partial charge in [0.2, 0.25) is 0 Å². The van der Waals surface area contributed by atoms with E-state index < -0.39 is 0 Å². The summed E-state index contributed by atoms with van der Waals surface area (Å²) in [5.41, 5.74) is 6.91. The molecule has 4 heteroatoms. The van der Waals surface area contributed by atoms with Gasteiger partial charge in [0.1, 0.15) is 23.9 Å². The zero-order valence-electron chi connectivity index (χ0n) is 19.5. The van der Waals surface area contributed by atoms with Gasteiger partial charge in [-0.05, 0) is 87.1 Å². The van der Waals surface area contributed by atoms with Crippen molar-refractivity contribution in [3.63, 3.8) is 0 Å². The molecule has 0 N–H and O–H groups in total. The van der Waals surface area contributed by atoms with Crippen LogP contribution in [0.15, 0.2) is 60.7 Å². The highest BCUT2D eigenvalue weighted by Crippen LogP contribution is 2.23. The summed E-state index contributed by atoms with van der Waals surface area (Å²) in [6, 6.07) is 21.0. The Balaban J connectivity index is 1.41. The number of unbranched alkanes of at least 4 members (excludes halogenated alkanes) is 1. The molecule has 0 bridgehead atoms. The number of nitrogens with zero attached hydrogens (tertiary/aromatic N) is 2. The number of imidazole rings is 1. The Morgan fingerprint density at radius 3 is 2.12 bits per heavy atom. The Kier molecular flexibility index (Phi) is 6.79. The van der Waals surface area contributed by atoms with Gasteiger partial charge in [-0.15, -0.1) is 0 Å². The van der Waals surface area contributed by atoms with Crippen molar-refractivity contribution in [3.8, 4) is 11.5 Å². The van der Waals surface area contributed by atoms with Crippen LogP contribution in [0.2, 0.25) is 0 Å². The third-order valence-electron chi connectivity index (χ3n) is 5.81. The second-order valence-corrected chi connectivity index (χ2v) is 8.55. The van der Waals surface area contributed by atoms with Gasteiger partial charge in [0.25, 0.3) is 0 Å². The summed E-state index contributed by atoms with van der Waals surface area (Å²) in [6.07, 6.45) is 2.00. The molecule has 0 aliphatic heterocycles. The number of hydrogen-bond donors (Lipinski definition) is 0. The number of rotatable bonds is 9. The topological polar surface area (TPSA) is 36.3 Å². The molecule has 0 aliphatic carbocycles. The molecule has 4 nitrogen and oxygen atoms in total. The Bertz CT molecular complexity index is 1210. The maximum absolute atomic E-state index is 6.18. The van der Waals surface area contributed by atoms with Crippen LogP contribution in [0.25, 0.3) is 11.0 Å². The summed E-state index contributed by atoms with van der Waals surface area (Å²) in [5.74, 6) is 2.87. The predicted octanol–water partition coefficient (Wildman–Crippen LogP) is 6.71. The molecule has 0 fully saturated rings. The lowest BCUT2D eigenvalue weighted by molar-refractivity contribution is 0.283. The minimum Gasteiger partial charge on any atom is -0.493 e. The number of para-hydroxylation sites is 2. The molecular formula is C28H32N2O2. The highest BCUT2D eigenvalue weighted by Gasteiger charge is 2.12. The molecule has 0 spiro atoms. The number of aromatic nitrogens is 2. The fourth-order valence-electron chi connectivity index (χ4n) is 3.91. The molecule has 0 radical (unpaired) electrons. The van der Waals surface area contributed by atoms with Crippen molar-refractivity contribution in [1.82, 2.24) is 9.55 Å². The average molecular weight is 429 g/mol. The van der Waals surface area contributed by atoms with Gasteiger partial charge in [-0.25, -0.2) is 4.98 Å². The van der Waals surface area contributed by atoms with Gasteiger partial charge >= 0.3 is 0 Å². The van der Waals surface area contributed by atoms with Gasteiger partial charge in [0.05, 0.1) is 17.6 Å². The first-order valence-electron chi connectivity index (χ1n) is 11.4. The molecule has 0 aliphatic rings. The summed E-state index contributed by atoms with van der Waals surface area (Å²) in [7, 11) is 0. The normalized spacial score (nSPS) is 11.1. The van der Waals surface area contributed by atoms with Gasteiger partial charge < -0.3 is 14.0 Å². The zero-order valence-corrected chi connectivity index (χ0v) is 19.5. The highest BCUT2D eigenvalue weighted by atomic mass is 16.5. The van der Waals surface area contributed by atoms with E-state index in [1.807, 2.05) is 6.07 Å². The molecule has 1 heterocycles. The first kappa shape index (κ1) is 21.9. The molecule has 3 aromatic carbocycles. The minimum absolute atomic E-state index is 0.456. The minimum atomic E-state index is 0.456. The lowest BCUT2D eigenvalue weighted by Gasteiger charge is -2.13. The molecule has 1 aromatic heterocycles. The Labute approximate surface area is 190 Å². The van der Waals surface area contributed by atoms with Crippen LogP contribution in [-0.2, 0) is 13.2 Å². The fraction of sp³-hybridized carbons (Fsp3) is 0.321. The van der Waals surface area contributed by atoms with Crippen molar-refractivity contribution < 1.29 is 9.47 Å². The molecule has 0 saturated carbocycles. The zero-order chi connectivity index (χ0) is 22.5. The SMILES string of the molecule is Cc1ccc(C)c(OCCCCn2c(COc3cc(C)ccc3C)nc3ccccc32)c1. The number of ether oxygens (including phenoxy) is 2. The number of hydrogen-bond acceptors (Lipinski definition) is 3. The maximum Gasteiger partial charge on any atom is 0.147 e. The second-order valence-electron chi connectivity index (χ2n) is 8.55. The first-order chi connectivity index (χ1) is 15.5. The molecule has 32 heavy (non-hydrogen) atoms. The largest absolute Gasteiger partial charge is 0.493 e. The van der Waals surface area contributed by atoms with Crippen LogP contribution in [0.5, 0.6) is 11.5 Å². The molecule has 166 valence electrons. The fourth-order valence-corrected chi connectivity index (χ4v) is 3.91. The van der Waals surface area contributed by atoms with Crippen molar-refractivity contribution in [1.29, 1.82) is 0 Å². The molecule has 4 aromatic rings. The Hall–Kier alpha value is -3.27. The molecule has 0 saturated heterocycles. The second kappa shape index (κ2) is 9.90. The maximum atomic E-state index is 6.18. The van der Waals surface area contributed by atoms with Gasteiger partial charge in [-0.2, -0.15) is 0 Å². The average Bonchev–Trinajstić information content (AvgIpc) is 3.14. The standard InChI is InChI=1S/C28H32N2O2/c1-20-11-13-22(3)26(17-20)31-16-8-7-15-30-25-10-6-5-9-24(25)29-28(30)19-32-27-18-21(2)12-14-23(27)4/h5-6,9-14,17-18H,7-8,15-16,19H2,1-4H3. The summed E-state index contributed by atoms with van der Waals surface area (Å²) in [4.78, 5) is 4.85. The number of fused-ring (bicyclic) bond motifs is 1. The van der Waals surface area contributed by atoms with Crippen LogP contribution < -0.4 is 9.47 Å². The molecule has 0 unspecified atom stereocenters. The quantitative estimate of drug-likeness (QED) is 0.278. The van der Waals surface area contributed by atoms with Crippen molar-refractivity contribution >= 4 is 11.0 Å². The monoisotopic (exact) mass is 428 g/mol. The molecule has 4 rings (SSSR count). The lowest BCUT2D eigenvalue weighted by atomic mass is 10.1. The van der Waals surface area contributed by atoms with Gasteiger partial charge in [-0.1, -0.05) is 36.4 Å². The predicted molar refractivity (Wildman–Crippen MR) is 131 cm³/mol.